The van der Waals surface area contributed by atoms with Crippen LogP contribution < -0.4 is 15.5 Å². The molecule has 5 rings (SSSR count). The second kappa shape index (κ2) is 11.2. The number of amides is 2. The molecule has 38 heavy (non-hydrogen) atoms. The van der Waals surface area contributed by atoms with Gasteiger partial charge in [-0.05, 0) is 67.8 Å². The lowest BCUT2D eigenvalue weighted by Crippen LogP contribution is -2.50. The molecule has 2 aliphatic rings. The van der Waals surface area contributed by atoms with Gasteiger partial charge >= 0.3 is 0 Å². The van der Waals surface area contributed by atoms with Crippen molar-refractivity contribution in [1.29, 1.82) is 0 Å². The van der Waals surface area contributed by atoms with E-state index in [0.29, 0.717) is 16.8 Å². The number of piperazine rings is 1. The molecule has 2 fully saturated rings. The van der Waals surface area contributed by atoms with Gasteiger partial charge in [0.15, 0.2) is 0 Å². The number of rotatable bonds is 8. The maximum absolute atomic E-state index is 13.2. The quantitative estimate of drug-likeness (QED) is 0.346. The summed E-state index contributed by atoms with van der Waals surface area (Å²) in [6.07, 6.45) is 2.75. The SMILES string of the molecule is CCN1CCN(c2ccc(C(=O)NC3(c4ccc(NC(=O)C(=O)c5ccccc5)cc4)CCC3)cc2)CC1. The molecule has 0 unspecified atom stereocenters. The van der Waals surface area contributed by atoms with E-state index < -0.39 is 17.2 Å². The number of carbonyl (C=O) groups excluding carboxylic acids is 3. The van der Waals surface area contributed by atoms with Gasteiger partial charge in [0, 0.05) is 48.7 Å². The zero-order valence-corrected chi connectivity index (χ0v) is 21.8. The van der Waals surface area contributed by atoms with Crippen molar-refractivity contribution in [3.63, 3.8) is 0 Å². The second-order valence-electron chi connectivity index (χ2n) is 10.1. The van der Waals surface area contributed by atoms with Crippen molar-refractivity contribution >= 4 is 29.0 Å². The molecule has 196 valence electrons. The zero-order valence-electron chi connectivity index (χ0n) is 21.8. The Kier molecular flexibility index (Phi) is 7.56. The van der Waals surface area contributed by atoms with Crippen molar-refractivity contribution in [2.75, 3.05) is 42.9 Å². The summed E-state index contributed by atoms with van der Waals surface area (Å²) in [5.41, 5.74) is 3.27. The van der Waals surface area contributed by atoms with Gasteiger partial charge in [0.2, 0.25) is 0 Å². The van der Waals surface area contributed by atoms with Crippen molar-refractivity contribution in [2.45, 2.75) is 31.7 Å². The van der Waals surface area contributed by atoms with Crippen LogP contribution in [0.1, 0.15) is 52.5 Å². The largest absolute Gasteiger partial charge is 0.369 e. The molecule has 0 radical (unpaired) electrons. The van der Waals surface area contributed by atoms with Gasteiger partial charge in [-0.15, -0.1) is 0 Å². The lowest BCUT2D eigenvalue weighted by Gasteiger charge is -2.43. The fourth-order valence-electron chi connectivity index (χ4n) is 5.23. The molecule has 0 spiro atoms. The van der Waals surface area contributed by atoms with Gasteiger partial charge < -0.3 is 20.4 Å². The number of nitrogens with one attached hydrogen (secondary N) is 2. The normalized spacial score (nSPS) is 16.8. The number of ketones is 1. The van der Waals surface area contributed by atoms with E-state index in [9.17, 15) is 14.4 Å². The van der Waals surface area contributed by atoms with Gasteiger partial charge in [0.25, 0.3) is 17.6 Å². The zero-order chi connectivity index (χ0) is 26.5. The van der Waals surface area contributed by atoms with E-state index in [1.807, 2.05) is 36.4 Å². The molecule has 3 aromatic rings. The minimum absolute atomic E-state index is 0.0853. The molecule has 0 bridgehead atoms. The van der Waals surface area contributed by atoms with Crippen molar-refractivity contribution in [1.82, 2.24) is 10.2 Å². The highest BCUT2D eigenvalue weighted by atomic mass is 16.2. The Labute approximate surface area is 223 Å². The minimum Gasteiger partial charge on any atom is -0.369 e. The summed E-state index contributed by atoms with van der Waals surface area (Å²) in [7, 11) is 0. The van der Waals surface area contributed by atoms with E-state index in [1.54, 1.807) is 42.5 Å². The van der Waals surface area contributed by atoms with Crippen LogP contribution in [0.25, 0.3) is 0 Å². The van der Waals surface area contributed by atoms with Crippen LogP contribution in [-0.2, 0) is 10.3 Å². The smallest absolute Gasteiger partial charge is 0.296 e. The Morgan fingerprint density at radius 1 is 0.789 bits per heavy atom. The van der Waals surface area contributed by atoms with Gasteiger partial charge in [-0.25, -0.2) is 0 Å². The molecular weight excluding hydrogens is 476 g/mol. The predicted molar refractivity (Wildman–Crippen MR) is 150 cm³/mol. The van der Waals surface area contributed by atoms with Crippen LogP contribution >= 0.6 is 0 Å². The molecule has 1 saturated heterocycles. The number of likely N-dealkylation sites (N-methyl/N-ethyl adjacent to an activating group) is 1. The Hall–Kier alpha value is -3.97. The molecule has 1 saturated carbocycles. The molecule has 1 aliphatic carbocycles. The van der Waals surface area contributed by atoms with Crippen molar-refractivity contribution in [3.05, 3.63) is 95.6 Å². The summed E-state index contributed by atoms with van der Waals surface area (Å²) in [5, 5.41) is 5.95. The number of hydrogen-bond acceptors (Lipinski definition) is 5. The molecular formula is C31H34N4O3. The minimum atomic E-state index is -0.675. The number of benzene rings is 3. The van der Waals surface area contributed by atoms with E-state index in [1.165, 1.54) is 0 Å². The highest BCUT2D eigenvalue weighted by Gasteiger charge is 2.40. The van der Waals surface area contributed by atoms with E-state index in [0.717, 1.165) is 63.2 Å². The lowest BCUT2D eigenvalue weighted by atomic mass is 9.71. The third-order valence-electron chi connectivity index (χ3n) is 7.81. The molecule has 7 nitrogen and oxygen atoms in total. The molecule has 7 heteroatoms. The standard InChI is InChI=1S/C31H34N4O3/c1-2-34-19-21-35(22-20-34)27-15-9-24(10-16-27)29(37)33-31(17-6-18-31)25-11-13-26(14-12-25)32-30(38)28(36)23-7-4-3-5-8-23/h3-5,7-16H,2,6,17-22H2,1H3,(H,32,38)(H,33,37). The van der Waals surface area contributed by atoms with Crippen molar-refractivity contribution in [2.24, 2.45) is 0 Å². The third kappa shape index (κ3) is 5.48. The predicted octanol–water partition coefficient (Wildman–Crippen LogP) is 4.46. The summed E-state index contributed by atoms with van der Waals surface area (Å²) in [4.78, 5) is 42.8. The lowest BCUT2D eigenvalue weighted by molar-refractivity contribution is -0.112. The van der Waals surface area contributed by atoms with Crippen LogP contribution in [0.4, 0.5) is 11.4 Å². The maximum Gasteiger partial charge on any atom is 0.296 e. The third-order valence-corrected chi connectivity index (χ3v) is 7.81. The van der Waals surface area contributed by atoms with Gasteiger partial charge in [0.1, 0.15) is 0 Å². The van der Waals surface area contributed by atoms with Gasteiger partial charge in [-0.1, -0.05) is 49.4 Å². The first-order valence-corrected chi connectivity index (χ1v) is 13.4. The summed E-state index contributed by atoms with van der Waals surface area (Å²) < 4.78 is 0. The fraction of sp³-hybridized carbons (Fsp3) is 0.323. The Bertz CT molecular complexity index is 1280. The molecule has 2 amide bonds. The highest BCUT2D eigenvalue weighted by Crippen LogP contribution is 2.41. The second-order valence-corrected chi connectivity index (χ2v) is 10.1. The molecule has 0 aromatic heterocycles. The summed E-state index contributed by atoms with van der Waals surface area (Å²) in [6, 6.07) is 23.8. The molecule has 1 aliphatic heterocycles. The van der Waals surface area contributed by atoms with Crippen LogP contribution in [0.3, 0.4) is 0 Å². The van der Waals surface area contributed by atoms with Crippen molar-refractivity contribution in [3.8, 4) is 0 Å². The Morgan fingerprint density at radius 3 is 2.03 bits per heavy atom. The van der Waals surface area contributed by atoms with Crippen LogP contribution in [0.5, 0.6) is 0 Å². The average Bonchev–Trinajstić information content (AvgIpc) is 2.95. The van der Waals surface area contributed by atoms with E-state index in [-0.39, 0.29) is 5.91 Å². The van der Waals surface area contributed by atoms with Crippen LogP contribution in [0.15, 0.2) is 78.9 Å². The number of carbonyl (C=O) groups is 3. The summed E-state index contributed by atoms with van der Waals surface area (Å²) in [6.45, 7) is 7.40. The topological polar surface area (TPSA) is 81.8 Å². The van der Waals surface area contributed by atoms with E-state index >= 15 is 0 Å². The molecule has 0 atom stereocenters. The first kappa shape index (κ1) is 25.7. The average molecular weight is 511 g/mol. The maximum atomic E-state index is 13.2. The van der Waals surface area contributed by atoms with Crippen molar-refractivity contribution < 1.29 is 14.4 Å². The first-order chi connectivity index (χ1) is 18.5. The van der Waals surface area contributed by atoms with Gasteiger partial charge in [-0.2, -0.15) is 0 Å². The molecule has 3 aromatic carbocycles. The highest BCUT2D eigenvalue weighted by molar-refractivity contribution is 6.46. The van der Waals surface area contributed by atoms with Crippen LogP contribution in [-0.4, -0.2) is 55.2 Å². The van der Waals surface area contributed by atoms with E-state index in [4.69, 9.17) is 0 Å². The summed E-state index contributed by atoms with van der Waals surface area (Å²) in [5.74, 6) is -1.34. The number of hydrogen-bond donors (Lipinski definition) is 2. The molecule has 2 N–H and O–H groups in total. The van der Waals surface area contributed by atoms with Crippen LogP contribution in [0, 0.1) is 0 Å². The van der Waals surface area contributed by atoms with Crippen LogP contribution in [0.2, 0.25) is 0 Å². The first-order valence-electron chi connectivity index (χ1n) is 13.4. The number of nitrogens with zero attached hydrogens (tertiary/aromatic N) is 2. The number of Topliss-reactive ketones (excluding diaryl/α,β-unsaturated/α-hetero) is 1. The molecule has 1 heterocycles. The Balaban J connectivity index is 1.21. The van der Waals surface area contributed by atoms with Gasteiger partial charge in [-0.3, -0.25) is 14.4 Å². The summed E-state index contributed by atoms with van der Waals surface area (Å²) >= 11 is 0. The van der Waals surface area contributed by atoms with Gasteiger partial charge in [0.05, 0.1) is 5.54 Å². The Morgan fingerprint density at radius 2 is 1.45 bits per heavy atom. The monoisotopic (exact) mass is 510 g/mol. The fourth-order valence-corrected chi connectivity index (χ4v) is 5.23. The number of anilines is 2. The van der Waals surface area contributed by atoms with E-state index in [2.05, 4.69) is 27.4 Å².